The van der Waals surface area contributed by atoms with Gasteiger partial charge in [0.15, 0.2) is 0 Å². The average Bonchev–Trinajstić information content (AvgIpc) is 3.00. The SMILES string of the molecule is C[Si](C)(C)CCOCn1cc(-c2cnc3ccnc(N)c3c2)cn1. The number of fused-ring (bicyclic) bond motifs is 1. The Morgan fingerprint density at radius 3 is 2.79 bits per heavy atom. The molecular weight excluding hydrogens is 318 g/mol. The van der Waals surface area contributed by atoms with Gasteiger partial charge in [0, 0.05) is 49.8 Å². The normalized spacial score (nSPS) is 12.0. The molecule has 0 aliphatic rings. The standard InChI is InChI=1S/C17H23N5OSi/c1-24(2,3)7-6-23-12-22-11-14(10-21-22)13-8-15-16(20-9-13)4-5-19-17(15)18/h4-5,8-11H,6-7,12H2,1-3H3,(H2,18,19). The summed E-state index contributed by atoms with van der Waals surface area (Å²) in [5.41, 5.74) is 8.73. The first-order chi connectivity index (χ1) is 11.4. The fraction of sp³-hybridized carbons (Fsp3) is 0.353. The van der Waals surface area contributed by atoms with Crippen molar-refractivity contribution in [2.24, 2.45) is 0 Å². The van der Waals surface area contributed by atoms with E-state index in [1.807, 2.05) is 30.7 Å². The van der Waals surface area contributed by atoms with Crippen LogP contribution in [0.15, 0.2) is 36.9 Å². The topological polar surface area (TPSA) is 78.8 Å². The van der Waals surface area contributed by atoms with E-state index in [1.165, 1.54) is 0 Å². The van der Waals surface area contributed by atoms with Crippen LogP contribution in [0.2, 0.25) is 25.7 Å². The average molecular weight is 341 g/mol. The first-order valence-corrected chi connectivity index (χ1v) is 11.7. The molecule has 3 aromatic heterocycles. The molecule has 0 spiro atoms. The van der Waals surface area contributed by atoms with Crippen molar-refractivity contribution in [2.45, 2.75) is 32.4 Å². The maximum absolute atomic E-state index is 5.94. The van der Waals surface area contributed by atoms with Gasteiger partial charge in [-0.05, 0) is 18.2 Å². The van der Waals surface area contributed by atoms with Crippen LogP contribution < -0.4 is 5.73 Å². The van der Waals surface area contributed by atoms with Crippen LogP contribution in [-0.2, 0) is 11.5 Å². The molecule has 0 unspecified atom stereocenters. The highest BCUT2D eigenvalue weighted by molar-refractivity contribution is 6.76. The molecule has 3 rings (SSSR count). The predicted molar refractivity (Wildman–Crippen MR) is 99.3 cm³/mol. The van der Waals surface area contributed by atoms with Crippen molar-refractivity contribution in [3.05, 3.63) is 36.9 Å². The molecule has 0 bridgehead atoms. The van der Waals surface area contributed by atoms with E-state index in [0.29, 0.717) is 12.5 Å². The van der Waals surface area contributed by atoms with E-state index >= 15 is 0 Å². The quantitative estimate of drug-likeness (QED) is 0.549. The van der Waals surface area contributed by atoms with Gasteiger partial charge in [-0.3, -0.25) is 4.98 Å². The molecule has 0 fully saturated rings. The Bertz CT molecular complexity index is 840. The molecule has 126 valence electrons. The summed E-state index contributed by atoms with van der Waals surface area (Å²) in [7, 11) is -1.06. The Morgan fingerprint density at radius 1 is 1.17 bits per heavy atom. The monoisotopic (exact) mass is 341 g/mol. The largest absolute Gasteiger partial charge is 0.383 e. The molecule has 3 heterocycles. The zero-order chi connectivity index (χ0) is 17.2. The Hall–Kier alpha value is -2.25. The second-order valence-corrected chi connectivity index (χ2v) is 12.7. The Morgan fingerprint density at radius 2 is 2.00 bits per heavy atom. The predicted octanol–water partition coefficient (Wildman–Crippen LogP) is 3.39. The van der Waals surface area contributed by atoms with Gasteiger partial charge < -0.3 is 10.5 Å². The molecule has 0 amide bonds. The summed E-state index contributed by atoms with van der Waals surface area (Å²) in [5.74, 6) is 0.490. The number of hydrogen-bond donors (Lipinski definition) is 1. The van der Waals surface area contributed by atoms with E-state index in [0.717, 1.165) is 34.7 Å². The Kier molecular flexibility index (Phi) is 4.63. The minimum Gasteiger partial charge on any atom is -0.383 e. The highest BCUT2D eigenvalue weighted by Gasteiger charge is 2.12. The lowest BCUT2D eigenvalue weighted by Crippen LogP contribution is -2.22. The van der Waals surface area contributed by atoms with Crippen LogP contribution in [0.4, 0.5) is 5.82 Å². The lowest BCUT2D eigenvalue weighted by Gasteiger charge is -2.15. The van der Waals surface area contributed by atoms with Gasteiger partial charge in [-0.25, -0.2) is 9.67 Å². The van der Waals surface area contributed by atoms with Gasteiger partial charge in [-0.15, -0.1) is 0 Å². The van der Waals surface area contributed by atoms with Crippen molar-refractivity contribution in [1.82, 2.24) is 19.7 Å². The number of pyridine rings is 2. The van der Waals surface area contributed by atoms with Gasteiger partial charge in [0.05, 0.1) is 11.7 Å². The summed E-state index contributed by atoms with van der Waals surface area (Å²) in [6.45, 7) is 8.28. The second kappa shape index (κ2) is 6.70. The number of nitrogens with zero attached hydrogens (tertiary/aromatic N) is 4. The first kappa shape index (κ1) is 16.6. The maximum atomic E-state index is 5.94. The molecule has 0 saturated heterocycles. The van der Waals surface area contributed by atoms with Crippen LogP contribution in [0.3, 0.4) is 0 Å². The number of anilines is 1. The summed E-state index contributed by atoms with van der Waals surface area (Å²) in [6, 6.07) is 5.01. The molecule has 0 atom stereocenters. The van der Waals surface area contributed by atoms with E-state index in [2.05, 4.69) is 34.7 Å². The van der Waals surface area contributed by atoms with E-state index in [9.17, 15) is 0 Å². The summed E-state index contributed by atoms with van der Waals surface area (Å²) >= 11 is 0. The lowest BCUT2D eigenvalue weighted by atomic mass is 10.1. The second-order valence-electron chi connectivity index (χ2n) is 7.10. The van der Waals surface area contributed by atoms with Crippen LogP contribution in [0.1, 0.15) is 0 Å². The minimum atomic E-state index is -1.06. The van der Waals surface area contributed by atoms with E-state index < -0.39 is 8.07 Å². The van der Waals surface area contributed by atoms with Crippen molar-refractivity contribution < 1.29 is 4.74 Å². The van der Waals surface area contributed by atoms with E-state index in [1.54, 1.807) is 10.9 Å². The van der Waals surface area contributed by atoms with Gasteiger partial charge in [-0.2, -0.15) is 5.10 Å². The molecule has 0 radical (unpaired) electrons. The molecule has 2 N–H and O–H groups in total. The smallest absolute Gasteiger partial charge is 0.139 e. The summed E-state index contributed by atoms with van der Waals surface area (Å²) < 4.78 is 7.53. The third kappa shape index (κ3) is 3.98. The summed E-state index contributed by atoms with van der Waals surface area (Å²) in [4.78, 5) is 8.56. The fourth-order valence-electron chi connectivity index (χ4n) is 2.35. The zero-order valence-corrected chi connectivity index (χ0v) is 15.4. The molecule has 3 aromatic rings. The first-order valence-electron chi connectivity index (χ1n) is 8.03. The number of rotatable bonds is 6. The molecular formula is C17H23N5OSi. The number of nitrogen functional groups attached to an aromatic ring is 1. The molecule has 6 nitrogen and oxygen atoms in total. The molecule has 0 aliphatic carbocycles. The number of aromatic nitrogens is 4. The van der Waals surface area contributed by atoms with Gasteiger partial charge in [0.1, 0.15) is 12.5 Å². The highest BCUT2D eigenvalue weighted by atomic mass is 28.3. The molecule has 0 aromatic carbocycles. The van der Waals surface area contributed by atoms with Gasteiger partial charge in [0.25, 0.3) is 0 Å². The third-order valence-corrected chi connectivity index (χ3v) is 5.53. The molecule has 7 heteroatoms. The van der Waals surface area contributed by atoms with Crippen LogP contribution in [0, 0.1) is 0 Å². The highest BCUT2D eigenvalue weighted by Crippen LogP contribution is 2.24. The molecule has 0 saturated carbocycles. The minimum absolute atomic E-state index is 0.467. The Labute approximate surface area is 142 Å². The molecule has 0 aliphatic heterocycles. The van der Waals surface area contributed by atoms with Gasteiger partial charge in [-0.1, -0.05) is 19.6 Å². The van der Waals surface area contributed by atoms with E-state index in [-0.39, 0.29) is 0 Å². The third-order valence-electron chi connectivity index (χ3n) is 3.83. The van der Waals surface area contributed by atoms with Crippen molar-refractivity contribution in [1.29, 1.82) is 0 Å². The van der Waals surface area contributed by atoms with Crippen LogP contribution in [-0.4, -0.2) is 34.4 Å². The lowest BCUT2D eigenvalue weighted by molar-refractivity contribution is 0.0786. The van der Waals surface area contributed by atoms with Gasteiger partial charge >= 0.3 is 0 Å². The van der Waals surface area contributed by atoms with Crippen molar-refractivity contribution in [2.75, 3.05) is 12.3 Å². The fourth-order valence-corrected chi connectivity index (χ4v) is 3.11. The van der Waals surface area contributed by atoms with Crippen LogP contribution >= 0.6 is 0 Å². The molecule has 24 heavy (non-hydrogen) atoms. The number of nitrogens with two attached hydrogens (primary N) is 1. The van der Waals surface area contributed by atoms with Crippen molar-refractivity contribution >= 4 is 24.8 Å². The van der Waals surface area contributed by atoms with Crippen LogP contribution in [0.25, 0.3) is 22.0 Å². The number of hydrogen-bond acceptors (Lipinski definition) is 5. The zero-order valence-electron chi connectivity index (χ0n) is 14.4. The van der Waals surface area contributed by atoms with E-state index in [4.69, 9.17) is 10.5 Å². The summed E-state index contributed by atoms with van der Waals surface area (Å²) in [6.07, 6.45) is 7.27. The van der Waals surface area contributed by atoms with Crippen molar-refractivity contribution in [3.8, 4) is 11.1 Å². The summed E-state index contributed by atoms with van der Waals surface area (Å²) in [5, 5.41) is 5.21. The van der Waals surface area contributed by atoms with Gasteiger partial charge in [0.2, 0.25) is 0 Å². The van der Waals surface area contributed by atoms with Crippen molar-refractivity contribution in [3.63, 3.8) is 0 Å². The van der Waals surface area contributed by atoms with Crippen LogP contribution in [0.5, 0.6) is 0 Å². The Balaban J connectivity index is 1.70. The number of ether oxygens (including phenoxy) is 1. The maximum Gasteiger partial charge on any atom is 0.139 e.